The third kappa shape index (κ3) is 7.43. The summed E-state index contributed by atoms with van der Waals surface area (Å²) in [4.78, 5) is 2.51. The highest BCUT2D eigenvalue weighted by Crippen LogP contribution is 2.44. The summed E-state index contributed by atoms with van der Waals surface area (Å²) in [5.74, 6) is 0. The summed E-state index contributed by atoms with van der Waals surface area (Å²) in [5, 5.41) is 4.55. The second-order valence-electron chi connectivity index (χ2n) is 15.2. The molecule has 0 N–H and O–H groups in total. The van der Waals surface area contributed by atoms with Gasteiger partial charge >= 0.3 is 0 Å². The monoisotopic (exact) mass is 769 g/mol. The summed E-state index contributed by atoms with van der Waals surface area (Å²) in [5.41, 5.74) is 13.3. The van der Waals surface area contributed by atoms with Crippen LogP contribution >= 0.6 is 0 Å². The van der Waals surface area contributed by atoms with Crippen LogP contribution in [0.2, 0.25) is 0 Å². The van der Waals surface area contributed by atoms with Crippen LogP contribution < -0.4 is 4.90 Å². The Morgan fingerprint density at radius 2 is 1.18 bits per heavy atom. The van der Waals surface area contributed by atoms with Gasteiger partial charge in [-0.3, -0.25) is 0 Å². The van der Waals surface area contributed by atoms with Gasteiger partial charge in [0, 0.05) is 38.7 Å². The van der Waals surface area contributed by atoms with Crippen molar-refractivity contribution in [3.63, 3.8) is 0 Å². The Hall–Kier alpha value is -7.68. The molecule has 2 nitrogen and oxygen atoms in total. The van der Waals surface area contributed by atoms with Gasteiger partial charge < -0.3 is 9.32 Å². The molecule has 0 bridgehead atoms. The predicted molar refractivity (Wildman–Crippen MR) is 255 cm³/mol. The molecule has 0 radical (unpaired) electrons. The van der Waals surface area contributed by atoms with Crippen LogP contribution in [-0.4, -0.2) is 6.04 Å². The molecule has 2 heteroatoms. The quantitative estimate of drug-likeness (QED) is 0.129. The molecule has 0 amide bonds. The Morgan fingerprint density at radius 1 is 0.533 bits per heavy atom. The molecule has 1 aliphatic carbocycles. The summed E-state index contributed by atoms with van der Waals surface area (Å²) in [7, 11) is 0. The van der Waals surface area contributed by atoms with Gasteiger partial charge in [-0.1, -0.05) is 218 Å². The van der Waals surface area contributed by atoms with Crippen LogP contribution in [0.25, 0.3) is 67.1 Å². The number of anilines is 2. The summed E-state index contributed by atoms with van der Waals surface area (Å²) < 4.78 is 6.91. The molecule has 1 heterocycles. The van der Waals surface area contributed by atoms with Gasteiger partial charge in [0.1, 0.15) is 11.2 Å². The summed E-state index contributed by atoms with van der Waals surface area (Å²) >= 11 is 0. The zero-order chi connectivity index (χ0) is 40.1. The minimum atomic E-state index is 0.0407. The number of furan rings is 1. The standard InChI is InChI=1S/C58H43NO/c1-4-17-42(18-5-1)21-14-25-45(34-33-43-19-6-2-7-20-43)46-35-38-49(39-36-46)59(50-27-15-26-48(41-50)44-22-8-3-9-23-44)56-32-13-12-29-52(56)53-30-16-31-54-55-40-37-47-24-10-11-28-51(47)57(55)60-58(53)54/h1-38,40-41,49H,39H2/b21-14+,34-33+,45-25+. The average molecular weight is 770 g/mol. The number of allylic oxidation sites excluding steroid dienone is 6. The van der Waals surface area contributed by atoms with Crippen molar-refractivity contribution in [1.82, 2.24) is 0 Å². The van der Waals surface area contributed by atoms with Crippen molar-refractivity contribution >= 4 is 56.2 Å². The maximum Gasteiger partial charge on any atom is 0.143 e. The molecule has 0 saturated heterocycles. The van der Waals surface area contributed by atoms with Gasteiger partial charge in [0.2, 0.25) is 0 Å². The van der Waals surface area contributed by atoms with E-state index < -0.39 is 0 Å². The van der Waals surface area contributed by atoms with Crippen molar-refractivity contribution in [2.24, 2.45) is 0 Å². The normalized spacial score (nSPS) is 14.4. The third-order valence-electron chi connectivity index (χ3n) is 11.4. The van der Waals surface area contributed by atoms with Gasteiger partial charge in [-0.15, -0.1) is 0 Å². The molecule has 10 rings (SSSR count). The van der Waals surface area contributed by atoms with E-state index in [1.807, 2.05) is 0 Å². The molecule has 0 aliphatic heterocycles. The first-order valence-electron chi connectivity index (χ1n) is 20.7. The number of hydrogen-bond donors (Lipinski definition) is 0. The molecule has 1 aromatic heterocycles. The van der Waals surface area contributed by atoms with Crippen molar-refractivity contribution in [2.45, 2.75) is 12.5 Å². The first-order valence-corrected chi connectivity index (χ1v) is 20.7. The maximum absolute atomic E-state index is 6.91. The fourth-order valence-electron chi connectivity index (χ4n) is 8.46. The molecule has 60 heavy (non-hydrogen) atoms. The topological polar surface area (TPSA) is 16.4 Å². The van der Waals surface area contributed by atoms with Gasteiger partial charge in [-0.25, -0.2) is 0 Å². The molecule has 1 unspecified atom stereocenters. The van der Waals surface area contributed by atoms with E-state index in [0.717, 1.165) is 61.8 Å². The van der Waals surface area contributed by atoms with Crippen molar-refractivity contribution in [1.29, 1.82) is 0 Å². The van der Waals surface area contributed by atoms with Crippen LogP contribution in [-0.2, 0) is 0 Å². The lowest BCUT2D eigenvalue weighted by Crippen LogP contribution is -2.30. The number of benzene rings is 8. The number of para-hydroxylation sites is 2. The molecular weight excluding hydrogens is 727 g/mol. The van der Waals surface area contributed by atoms with E-state index in [4.69, 9.17) is 4.42 Å². The smallest absolute Gasteiger partial charge is 0.143 e. The van der Waals surface area contributed by atoms with Crippen molar-refractivity contribution in [3.8, 4) is 22.3 Å². The molecule has 0 spiro atoms. The highest BCUT2D eigenvalue weighted by Gasteiger charge is 2.25. The maximum atomic E-state index is 6.91. The second-order valence-corrected chi connectivity index (χ2v) is 15.2. The Kier molecular flexibility index (Phi) is 10.2. The van der Waals surface area contributed by atoms with Crippen molar-refractivity contribution < 1.29 is 4.42 Å². The Morgan fingerprint density at radius 3 is 1.98 bits per heavy atom. The summed E-state index contributed by atoms with van der Waals surface area (Å²) in [6.07, 6.45) is 18.8. The van der Waals surface area contributed by atoms with E-state index in [1.165, 1.54) is 33.2 Å². The Bertz CT molecular complexity index is 3110. The predicted octanol–water partition coefficient (Wildman–Crippen LogP) is 15.8. The summed E-state index contributed by atoms with van der Waals surface area (Å²) in [6.45, 7) is 0. The largest absolute Gasteiger partial charge is 0.455 e. The van der Waals surface area contributed by atoms with Gasteiger partial charge in [0.05, 0.1) is 6.04 Å². The lowest BCUT2D eigenvalue weighted by molar-refractivity contribution is 0.673. The average Bonchev–Trinajstić information content (AvgIpc) is 3.72. The first kappa shape index (κ1) is 36.6. The molecule has 286 valence electrons. The van der Waals surface area contributed by atoms with E-state index in [2.05, 4.69) is 248 Å². The van der Waals surface area contributed by atoms with Crippen LogP contribution in [0.5, 0.6) is 0 Å². The zero-order valence-corrected chi connectivity index (χ0v) is 33.2. The van der Waals surface area contributed by atoms with E-state index in [1.54, 1.807) is 0 Å². The number of nitrogens with zero attached hydrogens (tertiary/aromatic N) is 1. The van der Waals surface area contributed by atoms with Crippen LogP contribution in [0.3, 0.4) is 0 Å². The van der Waals surface area contributed by atoms with E-state index >= 15 is 0 Å². The third-order valence-corrected chi connectivity index (χ3v) is 11.4. The van der Waals surface area contributed by atoms with E-state index in [-0.39, 0.29) is 6.04 Å². The van der Waals surface area contributed by atoms with Crippen molar-refractivity contribution in [2.75, 3.05) is 4.90 Å². The number of fused-ring (bicyclic) bond motifs is 5. The second kappa shape index (κ2) is 16.7. The number of rotatable bonds is 10. The Balaban J connectivity index is 1.08. The first-order chi connectivity index (χ1) is 29.8. The Labute approximate surface area is 351 Å². The fraction of sp³-hybridized carbons (Fsp3) is 0.0345. The van der Waals surface area contributed by atoms with Gasteiger partial charge in [-0.2, -0.15) is 0 Å². The molecule has 9 aromatic rings. The lowest BCUT2D eigenvalue weighted by atomic mass is 9.93. The summed E-state index contributed by atoms with van der Waals surface area (Å²) in [6, 6.07) is 68.8. The lowest BCUT2D eigenvalue weighted by Gasteiger charge is -2.35. The van der Waals surface area contributed by atoms with Crippen LogP contribution in [0.4, 0.5) is 11.4 Å². The van der Waals surface area contributed by atoms with Crippen LogP contribution in [0.15, 0.2) is 246 Å². The van der Waals surface area contributed by atoms with Crippen LogP contribution in [0.1, 0.15) is 17.5 Å². The SMILES string of the molecule is C1=CC(N(c2cccc(-c3ccccc3)c2)c2ccccc2-c2cccc3c2oc2c4ccccc4ccc32)CC=C1C(/C=C/c1ccccc1)=C/C=C/c1ccccc1. The van der Waals surface area contributed by atoms with Gasteiger partial charge in [0.15, 0.2) is 0 Å². The molecule has 1 aliphatic rings. The van der Waals surface area contributed by atoms with E-state index in [0.29, 0.717) is 0 Å². The highest BCUT2D eigenvalue weighted by atomic mass is 16.3. The van der Waals surface area contributed by atoms with Crippen molar-refractivity contribution in [3.05, 3.63) is 253 Å². The molecule has 8 aromatic carbocycles. The van der Waals surface area contributed by atoms with Crippen LogP contribution in [0, 0.1) is 0 Å². The van der Waals surface area contributed by atoms with E-state index in [9.17, 15) is 0 Å². The zero-order valence-electron chi connectivity index (χ0n) is 33.2. The number of hydrogen-bond acceptors (Lipinski definition) is 2. The van der Waals surface area contributed by atoms with Gasteiger partial charge in [0.25, 0.3) is 0 Å². The highest BCUT2D eigenvalue weighted by molar-refractivity contribution is 6.17. The minimum absolute atomic E-state index is 0.0407. The molecular formula is C58H43NO. The minimum Gasteiger partial charge on any atom is -0.455 e. The molecule has 0 saturated carbocycles. The molecule has 1 atom stereocenters. The molecule has 0 fully saturated rings. The fourth-order valence-corrected chi connectivity index (χ4v) is 8.46. The van der Waals surface area contributed by atoms with Gasteiger partial charge in [-0.05, 0) is 69.5 Å².